The maximum atomic E-state index is 12.4. The Morgan fingerprint density at radius 2 is 2.36 bits per heavy atom. The molecular formula is C16H18N2O2S2. The zero-order valence-electron chi connectivity index (χ0n) is 12.2. The minimum Gasteiger partial charge on any atom is -0.376 e. The molecule has 4 nitrogen and oxygen atoms in total. The van der Waals surface area contributed by atoms with E-state index in [-0.39, 0.29) is 12.0 Å². The molecule has 2 aromatic rings. The smallest absolute Gasteiger partial charge is 0.252 e. The van der Waals surface area contributed by atoms with E-state index >= 15 is 0 Å². The van der Waals surface area contributed by atoms with Crippen molar-refractivity contribution in [1.82, 2.24) is 10.3 Å². The predicted octanol–water partition coefficient (Wildman–Crippen LogP) is 3.34. The first-order valence-corrected chi connectivity index (χ1v) is 9.24. The van der Waals surface area contributed by atoms with Crippen molar-refractivity contribution in [3.63, 3.8) is 0 Å². The van der Waals surface area contributed by atoms with Crippen LogP contribution in [0, 0.1) is 0 Å². The minimum atomic E-state index is -0.0307. The van der Waals surface area contributed by atoms with Gasteiger partial charge in [0.2, 0.25) is 0 Å². The molecule has 3 rings (SSSR count). The highest BCUT2D eigenvalue weighted by atomic mass is 32.2. The molecule has 1 N–H and O–H groups in total. The molecule has 0 radical (unpaired) electrons. The van der Waals surface area contributed by atoms with E-state index in [0.29, 0.717) is 6.54 Å². The van der Waals surface area contributed by atoms with Gasteiger partial charge in [-0.25, -0.2) is 4.98 Å². The number of benzene rings is 1. The molecule has 0 spiro atoms. The van der Waals surface area contributed by atoms with Gasteiger partial charge in [-0.05, 0) is 25.0 Å². The number of hydrogen-bond donors (Lipinski definition) is 1. The van der Waals surface area contributed by atoms with Crippen molar-refractivity contribution < 1.29 is 9.53 Å². The van der Waals surface area contributed by atoms with Crippen molar-refractivity contribution in [3.8, 4) is 0 Å². The number of carbonyl (C=O) groups is 1. The van der Waals surface area contributed by atoms with Crippen LogP contribution in [0.4, 0.5) is 0 Å². The largest absolute Gasteiger partial charge is 0.376 e. The van der Waals surface area contributed by atoms with Crippen LogP contribution in [0.15, 0.2) is 40.1 Å². The highest BCUT2D eigenvalue weighted by molar-refractivity contribution is 7.98. The Bertz CT molecular complexity index is 610. The number of thiazole rings is 1. The fourth-order valence-electron chi connectivity index (χ4n) is 2.35. The molecule has 1 aromatic carbocycles. The van der Waals surface area contributed by atoms with Gasteiger partial charge in [-0.1, -0.05) is 12.1 Å². The molecule has 116 valence electrons. The van der Waals surface area contributed by atoms with Gasteiger partial charge < -0.3 is 10.1 Å². The van der Waals surface area contributed by atoms with Crippen LogP contribution in [0.25, 0.3) is 0 Å². The minimum absolute atomic E-state index is 0.0307. The van der Waals surface area contributed by atoms with Gasteiger partial charge >= 0.3 is 0 Å². The van der Waals surface area contributed by atoms with Gasteiger partial charge in [-0.2, -0.15) is 0 Å². The first kappa shape index (κ1) is 15.5. The third kappa shape index (κ3) is 4.09. The summed E-state index contributed by atoms with van der Waals surface area (Å²) in [5.74, 6) is 0.747. The molecule has 1 atom stereocenters. The van der Waals surface area contributed by atoms with E-state index in [1.54, 1.807) is 23.1 Å². The fraction of sp³-hybridized carbons (Fsp3) is 0.375. The lowest BCUT2D eigenvalue weighted by atomic mass is 10.2. The number of aromatic nitrogens is 1. The lowest BCUT2D eigenvalue weighted by molar-refractivity contribution is 0.0855. The number of rotatable bonds is 6. The van der Waals surface area contributed by atoms with Crippen LogP contribution in [0.3, 0.4) is 0 Å². The molecule has 0 saturated carbocycles. The van der Waals surface area contributed by atoms with Crippen molar-refractivity contribution in [2.75, 3.05) is 13.2 Å². The summed E-state index contributed by atoms with van der Waals surface area (Å²) < 4.78 is 5.54. The average molecular weight is 334 g/mol. The summed E-state index contributed by atoms with van der Waals surface area (Å²) in [4.78, 5) is 17.7. The summed E-state index contributed by atoms with van der Waals surface area (Å²) in [6.07, 6.45) is 2.28. The van der Waals surface area contributed by atoms with Crippen LogP contribution in [0.2, 0.25) is 0 Å². The molecule has 2 heterocycles. The second-order valence-corrected chi connectivity index (χ2v) is 6.85. The molecule has 1 aromatic heterocycles. The number of hydrogen-bond acceptors (Lipinski definition) is 5. The molecule has 1 fully saturated rings. The van der Waals surface area contributed by atoms with E-state index in [9.17, 15) is 4.79 Å². The summed E-state index contributed by atoms with van der Waals surface area (Å²) in [5, 5.41) is 5.02. The standard InChI is InChI=1S/C16H18N2O2S2/c19-16(17-8-13-4-3-7-20-13)14-5-1-2-6-15(14)22-10-12-9-21-11-18-12/h1-2,5-6,9,11,13H,3-4,7-8,10H2,(H,17,19). The van der Waals surface area contributed by atoms with Gasteiger partial charge in [0.25, 0.3) is 5.91 Å². The van der Waals surface area contributed by atoms with Crippen molar-refractivity contribution in [2.24, 2.45) is 0 Å². The first-order valence-electron chi connectivity index (χ1n) is 7.31. The Morgan fingerprint density at radius 3 is 3.14 bits per heavy atom. The Kier molecular flexibility index (Phi) is 5.48. The Hall–Kier alpha value is -1.37. The summed E-state index contributed by atoms with van der Waals surface area (Å²) in [6, 6.07) is 7.71. The molecule has 22 heavy (non-hydrogen) atoms. The fourth-order valence-corrected chi connectivity index (χ4v) is 3.96. The van der Waals surface area contributed by atoms with E-state index in [2.05, 4.69) is 10.3 Å². The summed E-state index contributed by atoms with van der Waals surface area (Å²) in [6.45, 7) is 1.39. The molecule has 1 saturated heterocycles. The average Bonchev–Trinajstić information content (AvgIpc) is 3.24. The zero-order valence-corrected chi connectivity index (χ0v) is 13.8. The summed E-state index contributed by atoms with van der Waals surface area (Å²) in [5.41, 5.74) is 3.60. The molecule has 0 aliphatic carbocycles. The normalized spacial score (nSPS) is 17.5. The SMILES string of the molecule is O=C(NCC1CCCO1)c1ccccc1SCc1cscn1. The van der Waals surface area contributed by atoms with Gasteiger partial charge in [0, 0.05) is 29.2 Å². The summed E-state index contributed by atoms with van der Waals surface area (Å²) in [7, 11) is 0. The Morgan fingerprint density at radius 1 is 1.45 bits per heavy atom. The predicted molar refractivity (Wildman–Crippen MR) is 89.4 cm³/mol. The second kappa shape index (κ2) is 7.76. The van der Waals surface area contributed by atoms with Crippen LogP contribution in [0.1, 0.15) is 28.9 Å². The topological polar surface area (TPSA) is 51.2 Å². The molecule has 1 aliphatic rings. The van der Waals surface area contributed by atoms with Gasteiger partial charge in [0.05, 0.1) is 22.9 Å². The lowest BCUT2D eigenvalue weighted by Crippen LogP contribution is -2.32. The highest BCUT2D eigenvalue weighted by Gasteiger charge is 2.18. The number of amides is 1. The molecule has 1 aliphatic heterocycles. The highest BCUT2D eigenvalue weighted by Crippen LogP contribution is 2.26. The third-order valence-electron chi connectivity index (χ3n) is 3.50. The van der Waals surface area contributed by atoms with Crippen LogP contribution >= 0.6 is 23.1 Å². The van der Waals surface area contributed by atoms with Gasteiger partial charge in [0.1, 0.15) is 0 Å². The first-order chi connectivity index (χ1) is 10.8. The van der Waals surface area contributed by atoms with Crippen molar-refractivity contribution in [3.05, 3.63) is 46.4 Å². The summed E-state index contributed by atoms with van der Waals surface area (Å²) >= 11 is 3.23. The Labute approximate surface area is 138 Å². The van der Waals surface area contributed by atoms with Gasteiger partial charge in [-0.3, -0.25) is 4.79 Å². The van der Waals surface area contributed by atoms with Crippen molar-refractivity contribution in [2.45, 2.75) is 29.6 Å². The monoisotopic (exact) mass is 334 g/mol. The van der Waals surface area contributed by atoms with Crippen LogP contribution in [-0.4, -0.2) is 30.1 Å². The molecule has 6 heteroatoms. The zero-order chi connectivity index (χ0) is 15.2. The third-order valence-corrected chi connectivity index (χ3v) is 5.25. The Balaban J connectivity index is 1.60. The van der Waals surface area contributed by atoms with E-state index in [0.717, 1.165) is 41.4 Å². The van der Waals surface area contributed by atoms with Crippen molar-refractivity contribution >= 4 is 29.0 Å². The molecule has 0 bridgehead atoms. The van der Waals surface area contributed by atoms with E-state index in [4.69, 9.17) is 4.74 Å². The maximum Gasteiger partial charge on any atom is 0.252 e. The van der Waals surface area contributed by atoms with Gasteiger partial charge in [0.15, 0.2) is 0 Å². The van der Waals surface area contributed by atoms with Crippen LogP contribution < -0.4 is 5.32 Å². The second-order valence-electron chi connectivity index (χ2n) is 5.11. The van der Waals surface area contributed by atoms with Gasteiger partial charge in [-0.15, -0.1) is 23.1 Å². The number of nitrogens with one attached hydrogen (secondary N) is 1. The van der Waals surface area contributed by atoms with E-state index in [1.807, 2.05) is 35.2 Å². The number of carbonyl (C=O) groups excluding carboxylic acids is 1. The van der Waals surface area contributed by atoms with E-state index < -0.39 is 0 Å². The number of thioether (sulfide) groups is 1. The quantitative estimate of drug-likeness (QED) is 0.823. The maximum absolute atomic E-state index is 12.4. The van der Waals surface area contributed by atoms with E-state index in [1.165, 1.54) is 0 Å². The number of nitrogens with zero attached hydrogens (tertiary/aromatic N) is 1. The lowest BCUT2D eigenvalue weighted by Gasteiger charge is -2.12. The molecule has 1 unspecified atom stereocenters. The molecular weight excluding hydrogens is 316 g/mol. The van der Waals surface area contributed by atoms with Crippen LogP contribution in [-0.2, 0) is 10.5 Å². The van der Waals surface area contributed by atoms with Crippen LogP contribution in [0.5, 0.6) is 0 Å². The van der Waals surface area contributed by atoms with Crippen molar-refractivity contribution in [1.29, 1.82) is 0 Å². The molecule has 1 amide bonds. The number of ether oxygens (including phenoxy) is 1.